The summed E-state index contributed by atoms with van der Waals surface area (Å²) in [4.78, 5) is 72.8. The Morgan fingerprint density at radius 2 is 0.485 bits per heavy atom. The quantitative estimate of drug-likeness (QED) is 0.0222. The van der Waals surface area contributed by atoms with Gasteiger partial charge in [0.25, 0.3) is 0 Å². The van der Waals surface area contributed by atoms with E-state index in [4.69, 9.17) is 37.0 Å². The molecule has 0 rings (SSSR count). The molecule has 0 radical (unpaired) electrons. The Bertz CT molecular complexity index is 1890. The summed E-state index contributed by atoms with van der Waals surface area (Å²) in [6.45, 7) is 7.35. The fraction of sp³-hybridized carbons (Fsp3) is 0.950. The van der Waals surface area contributed by atoms with Crippen LogP contribution in [0.15, 0.2) is 0 Å². The van der Waals surface area contributed by atoms with Crippen LogP contribution in [0, 0.1) is 5.92 Å². The number of carbonyl (C=O) groups is 4. The molecular formula is C80H156O17P2. The highest BCUT2D eigenvalue weighted by Gasteiger charge is 2.30. The molecule has 0 aromatic rings. The van der Waals surface area contributed by atoms with Crippen LogP contribution in [0.1, 0.15) is 426 Å². The standard InChI is InChI=1S/C80H156O17P2/c1-6-10-13-16-19-21-23-25-31-36-40-44-49-54-59-64-78(83)91-70-76(97-80(85)66-61-56-51-46-42-38-34-30-28-27-29-33-35-39-43-48-52-57-62-73(5)9-4)72-95-99(88,89)93-68-74(81)67-92-98(86,87)94-71-75(69-90-77(82)63-58-53-47-18-15-12-8-3)96-79(84)65-60-55-50-45-41-37-32-26-24-22-20-17-14-11-7-2/h73-76,81H,6-72H2,1-5H3,(H,86,87)(H,88,89)/t73?,74-,75+,76+/m0/s1. The summed E-state index contributed by atoms with van der Waals surface area (Å²) >= 11 is 0. The Labute approximate surface area is 607 Å². The lowest BCUT2D eigenvalue weighted by molar-refractivity contribution is -0.161. The highest BCUT2D eigenvalue weighted by molar-refractivity contribution is 7.47. The molecule has 99 heavy (non-hydrogen) atoms. The van der Waals surface area contributed by atoms with E-state index in [1.165, 1.54) is 238 Å². The lowest BCUT2D eigenvalue weighted by Crippen LogP contribution is -2.30. The van der Waals surface area contributed by atoms with Crippen molar-refractivity contribution in [3.63, 3.8) is 0 Å². The minimum atomic E-state index is -4.96. The first-order valence-electron chi connectivity index (χ1n) is 41.7. The Morgan fingerprint density at radius 3 is 0.717 bits per heavy atom. The number of hydrogen-bond acceptors (Lipinski definition) is 15. The molecule has 19 heteroatoms. The lowest BCUT2D eigenvalue weighted by atomic mass is 9.99. The molecule has 0 amide bonds. The zero-order valence-electron chi connectivity index (χ0n) is 64.6. The number of esters is 4. The van der Waals surface area contributed by atoms with E-state index < -0.39 is 97.5 Å². The van der Waals surface area contributed by atoms with Crippen LogP contribution < -0.4 is 0 Å². The van der Waals surface area contributed by atoms with Gasteiger partial charge in [0.15, 0.2) is 12.2 Å². The molecule has 0 saturated heterocycles. The van der Waals surface area contributed by atoms with Gasteiger partial charge in [0, 0.05) is 25.7 Å². The van der Waals surface area contributed by atoms with Crippen molar-refractivity contribution in [3.05, 3.63) is 0 Å². The third kappa shape index (κ3) is 72.8. The fourth-order valence-corrected chi connectivity index (χ4v) is 14.0. The zero-order valence-corrected chi connectivity index (χ0v) is 66.4. The van der Waals surface area contributed by atoms with Crippen molar-refractivity contribution in [1.29, 1.82) is 0 Å². The van der Waals surface area contributed by atoms with Gasteiger partial charge in [-0.15, -0.1) is 0 Å². The predicted octanol–water partition coefficient (Wildman–Crippen LogP) is 24.0. The molecule has 0 fully saturated rings. The van der Waals surface area contributed by atoms with Gasteiger partial charge in [-0.2, -0.15) is 0 Å². The van der Waals surface area contributed by atoms with Crippen LogP contribution in [0.3, 0.4) is 0 Å². The van der Waals surface area contributed by atoms with Crippen LogP contribution >= 0.6 is 15.6 Å². The number of aliphatic hydroxyl groups excluding tert-OH is 1. The molecule has 6 atom stereocenters. The van der Waals surface area contributed by atoms with Gasteiger partial charge >= 0.3 is 39.5 Å². The first kappa shape index (κ1) is 97.1. The van der Waals surface area contributed by atoms with E-state index in [0.717, 1.165) is 109 Å². The van der Waals surface area contributed by atoms with Crippen LogP contribution in [-0.4, -0.2) is 96.7 Å². The van der Waals surface area contributed by atoms with Crippen LogP contribution in [0.25, 0.3) is 0 Å². The number of ether oxygens (including phenoxy) is 4. The van der Waals surface area contributed by atoms with Gasteiger partial charge < -0.3 is 33.8 Å². The third-order valence-electron chi connectivity index (χ3n) is 19.1. The minimum Gasteiger partial charge on any atom is -0.462 e. The van der Waals surface area contributed by atoms with Gasteiger partial charge in [-0.05, 0) is 31.6 Å². The number of unbranched alkanes of at least 4 members (excludes halogenated alkanes) is 51. The van der Waals surface area contributed by atoms with Gasteiger partial charge in [-0.1, -0.05) is 375 Å². The summed E-state index contributed by atoms with van der Waals surface area (Å²) in [5.74, 6) is -1.24. The van der Waals surface area contributed by atoms with Crippen molar-refractivity contribution >= 4 is 39.5 Å². The number of aliphatic hydroxyl groups is 1. The highest BCUT2D eigenvalue weighted by atomic mass is 31.2. The van der Waals surface area contributed by atoms with Gasteiger partial charge in [-0.25, -0.2) is 9.13 Å². The van der Waals surface area contributed by atoms with Gasteiger partial charge in [0.05, 0.1) is 26.4 Å². The van der Waals surface area contributed by atoms with E-state index in [1.54, 1.807) is 0 Å². The van der Waals surface area contributed by atoms with Crippen LogP contribution in [-0.2, 0) is 65.4 Å². The smallest absolute Gasteiger partial charge is 0.462 e. The third-order valence-corrected chi connectivity index (χ3v) is 21.0. The first-order valence-corrected chi connectivity index (χ1v) is 44.7. The van der Waals surface area contributed by atoms with Gasteiger partial charge in [0.1, 0.15) is 19.3 Å². The first-order chi connectivity index (χ1) is 48.1. The summed E-state index contributed by atoms with van der Waals surface area (Å²) < 4.78 is 68.6. The number of hydrogen-bond donors (Lipinski definition) is 3. The Hall–Kier alpha value is -1.94. The van der Waals surface area contributed by atoms with E-state index in [2.05, 4.69) is 34.6 Å². The second-order valence-electron chi connectivity index (χ2n) is 29.1. The van der Waals surface area contributed by atoms with E-state index in [-0.39, 0.29) is 25.7 Å². The van der Waals surface area contributed by atoms with E-state index >= 15 is 0 Å². The zero-order chi connectivity index (χ0) is 72.7. The Morgan fingerprint density at radius 1 is 0.283 bits per heavy atom. The summed E-state index contributed by atoms with van der Waals surface area (Å²) in [6, 6.07) is 0. The molecule has 0 saturated carbocycles. The SMILES string of the molecule is CCCCCCCCCCCCCCCCCC(=O)OC[C@H](COP(=O)(O)OC[C@@H](O)COP(=O)(O)OC[C@@H](COC(=O)CCCCCCCCC)OC(=O)CCCCCCCCCCCCCCCCC)OC(=O)CCCCCCCCCCCCCCCCCCCCC(C)CC. The van der Waals surface area contributed by atoms with Crippen molar-refractivity contribution < 1.29 is 80.2 Å². The maximum Gasteiger partial charge on any atom is 0.472 e. The molecule has 0 heterocycles. The molecule has 0 aromatic carbocycles. The second kappa shape index (κ2) is 73.0. The number of carbonyl (C=O) groups excluding carboxylic acids is 4. The molecule has 0 bridgehead atoms. The van der Waals surface area contributed by atoms with Crippen LogP contribution in [0.4, 0.5) is 0 Å². The maximum absolute atomic E-state index is 13.1. The summed E-state index contributed by atoms with van der Waals surface area (Å²) in [5.41, 5.74) is 0. The normalized spacial score (nSPS) is 14.1. The fourth-order valence-electron chi connectivity index (χ4n) is 12.4. The van der Waals surface area contributed by atoms with Crippen LogP contribution in [0.5, 0.6) is 0 Å². The van der Waals surface area contributed by atoms with Crippen molar-refractivity contribution in [2.45, 2.75) is 445 Å². The molecular weight excluding hydrogens is 1290 g/mol. The molecule has 0 spiro atoms. The molecule has 3 unspecified atom stereocenters. The Balaban J connectivity index is 5.16. The molecule has 588 valence electrons. The summed E-state index contributed by atoms with van der Waals surface area (Å²) in [5, 5.41) is 10.6. The van der Waals surface area contributed by atoms with Crippen molar-refractivity contribution in [2.75, 3.05) is 39.6 Å². The molecule has 0 aliphatic rings. The second-order valence-corrected chi connectivity index (χ2v) is 32.0. The molecule has 3 N–H and O–H groups in total. The largest absolute Gasteiger partial charge is 0.472 e. The van der Waals surface area contributed by atoms with Crippen molar-refractivity contribution in [2.24, 2.45) is 5.92 Å². The van der Waals surface area contributed by atoms with E-state index in [0.29, 0.717) is 25.7 Å². The topological polar surface area (TPSA) is 237 Å². The highest BCUT2D eigenvalue weighted by Crippen LogP contribution is 2.45. The number of phosphoric acid groups is 2. The van der Waals surface area contributed by atoms with Gasteiger partial charge in [-0.3, -0.25) is 37.3 Å². The molecule has 0 aromatic heterocycles. The number of phosphoric ester groups is 2. The van der Waals surface area contributed by atoms with Crippen LogP contribution in [0.2, 0.25) is 0 Å². The average molecular weight is 1450 g/mol. The van der Waals surface area contributed by atoms with E-state index in [9.17, 15) is 43.2 Å². The minimum absolute atomic E-state index is 0.108. The van der Waals surface area contributed by atoms with Crippen molar-refractivity contribution in [3.8, 4) is 0 Å². The van der Waals surface area contributed by atoms with Crippen molar-refractivity contribution in [1.82, 2.24) is 0 Å². The maximum atomic E-state index is 13.1. The molecule has 0 aliphatic heterocycles. The van der Waals surface area contributed by atoms with Gasteiger partial charge in [0.2, 0.25) is 0 Å². The number of rotatable bonds is 80. The monoisotopic (exact) mass is 1450 g/mol. The average Bonchev–Trinajstić information content (AvgIpc) is 0.982. The predicted molar refractivity (Wildman–Crippen MR) is 405 cm³/mol. The summed E-state index contributed by atoms with van der Waals surface area (Å²) in [6.07, 6.45) is 63.9. The Kier molecular flexibility index (Phi) is 71.6. The van der Waals surface area contributed by atoms with E-state index in [1.807, 2.05) is 0 Å². The summed E-state index contributed by atoms with van der Waals surface area (Å²) in [7, 11) is -9.91. The molecule has 17 nitrogen and oxygen atoms in total. The lowest BCUT2D eigenvalue weighted by Gasteiger charge is -2.21. The molecule has 0 aliphatic carbocycles.